The fourth-order valence-corrected chi connectivity index (χ4v) is 1.61. The summed E-state index contributed by atoms with van der Waals surface area (Å²) in [7, 11) is 0. The van der Waals surface area contributed by atoms with Crippen LogP contribution in [0.1, 0.15) is 11.1 Å². The maximum Gasteiger partial charge on any atom is 0.0998 e. The molecule has 0 aromatic heterocycles. The molecule has 1 heteroatoms. The molecule has 0 amide bonds. The van der Waals surface area contributed by atoms with E-state index >= 15 is 0 Å². The summed E-state index contributed by atoms with van der Waals surface area (Å²) in [4.78, 5) is 0. The van der Waals surface area contributed by atoms with Crippen LogP contribution in [0.5, 0.6) is 0 Å². The van der Waals surface area contributed by atoms with Gasteiger partial charge in [-0.3, -0.25) is 0 Å². The van der Waals surface area contributed by atoms with Gasteiger partial charge in [0.2, 0.25) is 0 Å². The van der Waals surface area contributed by atoms with Gasteiger partial charge in [0.15, 0.2) is 0 Å². The van der Waals surface area contributed by atoms with Crippen molar-refractivity contribution < 1.29 is 0 Å². The summed E-state index contributed by atoms with van der Waals surface area (Å²) in [5, 5.41) is 9.02. The maximum absolute atomic E-state index is 9.02. The van der Waals surface area contributed by atoms with E-state index in [0.717, 1.165) is 16.7 Å². The van der Waals surface area contributed by atoms with Crippen molar-refractivity contribution in [3.63, 3.8) is 0 Å². The van der Waals surface area contributed by atoms with Crippen LogP contribution in [0.25, 0.3) is 11.1 Å². The first-order valence-corrected chi connectivity index (χ1v) is 4.87. The summed E-state index contributed by atoms with van der Waals surface area (Å²) in [5.41, 5.74) is 4.01. The van der Waals surface area contributed by atoms with E-state index < -0.39 is 0 Å². The molecule has 1 nitrogen and oxygen atoms in total. The summed E-state index contributed by atoms with van der Waals surface area (Å²) in [5.74, 6) is 0. The second-order valence-corrected chi connectivity index (χ2v) is 3.53. The van der Waals surface area contributed by atoms with E-state index in [1.54, 1.807) is 0 Å². The molecule has 15 heavy (non-hydrogen) atoms. The fourth-order valence-electron chi connectivity index (χ4n) is 1.61. The van der Waals surface area contributed by atoms with Gasteiger partial charge in [0.1, 0.15) is 0 Å². The molecule has 0 fully saturated rings. The van der Waals surface area contributed by atoms with Crippen molar-refractivity contribution in [2.24, 2.45) is 0 Å². The van der Waals surface area contributed by atoms with Crippen LogP contribution >= 0.6 is 0 Å². The van der Waals surface area contributed by atoms with Gasteiger partial charge in [-0.05, 0) is 24.1 Å². The van der Waals surface area contributed by atoms with E-state index in [4.69, 9.17) is 5.26 Å². The molecule has 0 spiro atoms. The molecule has 0 radical (unpaired) electrons. The number of nitrogens with zero attached hydrogens (tertiary/aromatic N) is 1. The summed E-state index contributed by atoms with van der Waals surface area (Å²) in [6.45, 7) is 2.04. The van der Waals surface area contributed by atoms with E-state index in [-0.39, 0.29) is 0 Å². The zero-order chi connectivity index (χ0) is 10.7. The van der Waals surface area contributed by atoms with Crippen LogP contribution in [0.2, 0.25) is 0 Å². The number of benzene rings is 2. The molecule has 0 aliphatic carbocycles. The van der Waals surface area contributed by atoms with E-state index in [1.807, 2.05) is 55.5 Å². The Morgan fingerprint density at radius 1 is 1.00 bits per heavy atom. The first-order chi connectivity index (χ1) is 7.31. The van der Waals surface area contributed by atoms with Crippen molar-refractivity contribution in [1.82, 2.24) is 0 Å². The molecule has 0 atom stereocenters. The smallest absolute Gasteiger partial charge is 0.0998 e. The Hall–Kier alpha value is -2.07. The molecule has 0 aliphatic heterocycles. The molecule has 0 saturated carbocycles. The SMILES string of the molecule is Cc1ccc(C#N)c(-c2ccccc2)c1. The molecule has 0 aliphatic rings. The van der Waals surface area contributed by atoms with Crippen LogP contribution in [-0.2, 0) is 0 Å². The second kappa shape index (κ2) is 3.98. The Bertz CT molecular complexity index is 507. The largest absolute Gasteiger partial charge is 0.192 e. The zero-order valence-corrected chi connectivity index (χ0v) is 8.57. The second-order valence-electron chi connectivity index (χ2n) is 3.53. The molecule has 0 saturated heterocycles. The van der Waals surface area contributed by atoms with Gasteiger partial charge >= 0.3 is 0 Å². The number of hydrogen-bond acceptors (Lipinski definition) is 1. The lowest BCUT2D eigenvalue weighted by Gasteiger charge is -2.04. The monoisotopic (exact) mass is 193 g/mol. The number of hydrogen-bond donors (Lipinski definition) is 0. The van der Waals surface area contributed by atoms with Crippen LogP contribution < -0.4 is 0 Å². The van der Waals surface area contributed by atoms with E-state index in [0.29, 0.717) is 0 Å². The summed E-state index contributed by atoms with van der Waals surface area (Å²) >= 11 is 0. The Morgan fingerprint density at radius 2 is 1.73 bits per heavy atom. The van der Waals surface area contributed by atoms with Crippen molar-refractivity contribution in [3.8, 4) is 17.2 Å². The van der Waals surface area contributed by atoms with E-state index in [2.05, 4.69) is 6.07 Å². The molecule has 72 valence electrons. The Kier molecular flexibility index (Phi) is 2.51. The fraction of sp³-hybridized carbons (Fsp3) is 0.0714. The van der Waals surface area contributed by atoms with Gasteiger partial charge in [0.05, 0.1) is 11.6 Å². The topological polar surface area (TPSA) is 23.8 Å². The van der Waals surface area contributed by atoms with Gasteiger partial charge < -0.3 is 0 Å². The molecule has 0 bridgehead atoms. The van der Waals surface area contributed by atoms with Gasteiger partial charge in [0.25, 0.3) is 0 Å². The van der Waals surface area contributed by atoms with Gasteiger partial charge in [0, 0.05) is 0 Å². The van der Waals surface area contributed by atoms with Gasteiger partial charge in [-0.25, -0.2) is 0 Å². The Labute approximate surface area is 89.6 Å². The van der Waals surface area contributed by atoms with E-state index in [1.165, 1.54) is 5.56 Å². The molecular weight excluding hydrogens is 182 g/mol. The highest BCUT2D eigenvalue weighted by Crippen LogP contribution is 2.23. The number of rotatable bonds is 1. The predicted molar refractivity (Wildman–Crippen MR) is 61.3 cm³/mol. The van der Waals surface area contributed by atoms with Gasteiger partial charge in [-0.1, -0.05) is 48.0 Å². The van der Waals surface area contributed by atoms with Crippen LogP contribution in [0.3, 0.4) is 0 Å². The van der Waals surface area contributed by atoms with Crippen molar-refractivity contribution in [3.05, 3.63) is 59.7 Å². The molecule has 2 aromatic rings. The highest BCUT2D eigenvalue weighted by molar-refractivity contribution is 5.71. The van der Waals surface area contributed by atoms with E-state index in [9.17, 15) is 0 Å². The first-order valence-electron chi connectivity index (χ1n) is 4.87. The normalized spacial score (nSPS) is 9.60. The van der Waals surface area contributed by atoms with Crippen LogP contribution in [-0.4, -0.2) is 0 Å². The van der Waals surface area contributed by atoms with Gasteiger partial charge in [-0.15, -0.1) is 0 Å². The summed E-state index contributed by atoms with van der Waals surface area (Å²) in [6.07, 6.45) is 0. The minimum absolute atomic E-state index is 0.729. The van der Waals surface area contributed by atoms with Crippen LogP contribution in [0, 0.1) is 18.3 Å². The predicted octanol–water partition coefficient (Wildman–Crippen LogP) is 3.53. The van der Waals surface area contributed by atoms with Gasteiger partial charge in [-0.2, -0.15) is 5.26 Å². The number of aryl methyl sites for hydroxylation is 1. The van der Waals surface area contributed by atoms with Crippen molar-refractivity contribution in [2.75, 3.05) is 0 Å². The van der Waals surface area contributed by atoms with Crippen LogP contribution in [0.4, 0.5) is 0 Å². The molecule has 2 aromatic carbocycles. The molecule has 0 N–H and O–H groups in total. The Balaban J connectivity index is 2.62. The standard InChI is InChI=1S/C14H11N/c1-11-7-8-13(10-15)14(9-11)12-5-3-2-4-6-12/h2-9H,1H3. The lowest BCUT2D eigenvalue weighted by Crippen LogP contribution is -1.85. The van der Waals surface area contributed by atoms with Crippen molar-refractivity contribution in [2.45, 2.75) is 6.92 Å². The molecule has 0 unspecified atom stereocenters. The molecule has 2 rings (SSSR count). The van der Waals surface area contributed by atoms with Crippen LogP contribution in [0.15, 0.2) is 48.5 Å². The average Bonchev–Trinajstić information content (AvgIpc) is 2.30. The first kappa shape index (κ1) is 9.48. The lowest BCUT2D eigenvalue weighted by molar-refractivity contribution is 1.42. The lowest BCUT2D eigenvalue weighted by atomic mass is 9.98. The average molecular weight is 193 g/mol. The number of nitriles is 1. The highest BCUT2D eigenvalue weighted by atomic mass is 14.2. The third kappa shape index (κ3) is 1.89. The maximum atomic E-state index is 9.02. The van der Waals surface area contributed by atoms with Crippen molar-refractivity contribution >= 4 is 0 Å². The molecule has 0 heterocycles. The quantitative estimate of drug-likeness (QED) is 0.679. The Morgan fingerprint density at radius 3 is 2.40 bits per heavy atom. The third-order valence-corrected chi connectivity index (χ3v) is 2.38. The highest BCUT2D eigenvalue weighted by Gasteiger charge is 2.03. The zero-order valence-electron chi connectivity index (χ0n) is 8.57. The van der Waals surface area contributed by atoms with Crippen molar-refractivity contribution in [1.29, 1.82) is 5.26 Å². The summed E-state index contributed by atoms with van der Waals surface area (Å²) < 4.78 is 0. The minimum Gasteiger partial charge on any atom is -0.192 e. The third-order valence-electron chi connectivity index (χ3n) is 2.38. The molecular formula is C14H11N. The minimum atomic E-state index is 0.729. The summed E-state index contributed by atoms with van der Waals surface area (Å²) in [6, 6.07) is 18.1.